The van der Waals surface area contributed by atoms with Gasteiger partial charge in [0.25, 0.3) is 11.8 Å². The van der Waals surface area contributed by atoms with Crippen LogP contribution in [-0.2, 0) is 0 Å². The van der Waals surface area contributed by atoms with Gasteiger partial charge in [0.15, 0.2) is 0 Å². The van der Waals surface area contributed by atoms with Crippen LogP contribution in [0.1, 0.15) is 72.2 Å². The third-order valence-corrected chi connectivity index (χ3v) is 5.00. The Kier molecular flexibility index (Phi) is 6.20. The van der Waals surface area contributed by atoms with Crippen molar-refractivity contribution >= 4 is 11.8 Å². The van der Waals surface area contributed by atoms with Crippen molar-refractivity contribution in [1.29, 1.82) is 0 Å². The number of likely N-dealkylation sites (tertiary alicyclic amines) is 1. The Labute approximate surface area is 149 Å². The average Bonchev–Trinajstić information content (AvgIpc) is 2.69. The summed E-state index contributed by atoms with van der Waals surface area (Å²) in [5, 5.41) is 2.96. The molecule has 5 heteroatoms. The Morgan fingerprint density at radius 2 is 1.96 bits per heavy atom. The second-order valence-corrected chi connectivity index (χ2v) is 6.90. The average molecular weight is 341 g/mol. The fraction of sp³-hybridized carbons (Fsp3) is 0.550. The van der Waals surface area contributed by atoms with Crippen LogP contribution in [0.15, 0.2) is 30.0 Å². The number of hydrogen-bond acceptors (Lipinski definition) is 3. The lowest BCUT2D eigenvalue weighted by atomic mass is 9.97. The second-order valence-electron chi connectivity index (χ2n) is 6.90. The molecule has 3 rings (SSSR count). The molecule has 0 unspecified atom stereocenters. The number of allylic oxidation sites excluding steroid dienone is 1. The fourth-order valence-corrected chi connectivity index (χ4v) is 3.52. The van der Waals surface area contributed by atoms with Crippen LogP contribution in [0, 0.1) is 0 Å². The molecule has 25 heavy (non-hydrogen) atoms. The maximum atomic E-state index is 12.5. The summed E-state index contributed by atoms with van der Waals surface area (Å²) in [6.07, 6.45) is 12.9. The molecule has 0 radical (unpaired) electrons. The van der Waals surface area contributed by atoms with Gasteiger partial charge in [-0.25, -0.2) is 0 Å². The standard InChI is InChI=1S/C20H27N3O2/c24-19(22-11-9-16-7-3-1-4-8-16)17-10-12-21-18(15-17)20(25)23-13-5-2-6-14-23/h7,10,12,15H,1-6,8-9,11,13-14H2,(H,22,24). The highest BCUT2D eigenvalue weighted by Crippen LogP contribution is 2.19. The summed E-state index contributed by atoms with van der Waals surface area (Å²) in [6.45, 7) is 2.21. The Morgan fingerprint density at radius 3 is 2.72 bits per heavy atom. The van der Waals surface area contributed by atoms with Crippen molar-refractivity contribution in [3.63, 3.8) is 0 Å². The Morgan fingerprint density at radius 1 is 1.12 bits per heavy atom. The van der Waals surface area contributed by atoms with Crippen molar-refractivity contribution in [2.24, 2.45) is 0 Å². The monoisotopic (exact) mass is 341 g/mol. The lowest BCUT2D eigenvalue weighted by molar-refractivity contribution is 0.0718. The van der Waals surface area contributed by atoms with Gasteiger partial charge < -0.3 is 10.2 Å². The van der Waals surface area contributed by atoms with Gasteiger partial charge in [-0.05, 0) is 63.5 Å². The zero-order valence-corrected chi connectivity index (χ0v) is 14.8. The largest absolute Gasteiger partial charge is 0.352 e. The van der Waals surface area contributed by atoms with Gasteiger partial charge in [0.1, 0.15) is 5.69 Å². The number of hydrogen-bond donors (Lipinski definition) is 1. The molecule has 1 fully saturated rings. The van der Waals surface area contributed by atoms with E-state index in [1.54, 1.807) is 18.3 Å². The Bertz CT molecular complexity index is 648. The van der Waals surface area contributed by atoms with Gasteiger partial charge in [-0.3, -0.25) is 14.6 Å². The molecule has 1 aliphatic carbocycles. The summed E-state index contributed by atoms with van der Waals surface area (Å²) in [5.41, 5.74) is 2.32. The van der Waals surface area contributed by atoms with Crippen molar-refractivity contribution < 1.29 is 9.59 Å². The first-order chi connectivity index (χ1) is 12.2. The third kappa shape index (κ3) is 4.91. The van der Waals surface area contributed by atoms with E-state index in [1.165, 1.54) is 24.8 Å². The van der Waals surface area contributed by atoms with E-state index in [0.29, 0.717) is 17.8 Å². The molecule has 2 heterocycles. The van der Waals surface area contributed by atoms with Crippen molar-refractivity contribution in [1.82, 2.24) is 15.2 Å². The molecule has 1 aromatic heterocycles. The minimum atomic E-state index is -0.133. The highest BCUT2D eigenvalue weighted by atomic mass is 16.2. The van der Waals surface area contributed by atoms with Gasteiger partial charge in [-0.15, -0.1) is 0 Å². The van der Waals surface area contributed by atoms with E-state index >= 15 is 0 Å². The van der Waals surface area contributed by atoms with Gasteiger partial charge in [-0.1, -0.05) is 11.6 Å². The van der Waals surface area contributed by atoms with Crippen molar-refractivity contribution in [3.05, 3.63) is 41.2 Å². The molecule has 0 atom stereocenters. The van der Waals surface area contributed by atoms with Crippen LogP contribution in [0.2, 0.25) is 0 Å². The zero-order chi connectivity index (χ0) is 17.5. The molecule has 1 aromatic rings. The topological polar surface area (TPSA) is 62.3 Å². The minimum absolute atomic E-state index is 0.0679. The van der Waals surface area contributed by atoms with Crippen LogP contribution in [0.3, 0.4) is 0 Å². The van der Waals surface area contributed by atoms with Gasteiger partial charge in [0.05, 0.1) is 0 Å². The summed E-state index contributed by atoms with van der Waals surface area (Å²) >= 11 is 0. The van der Waals surface area contributed by atoms with E-state index in [1.807, 2.05) is 4.90 Å². The van der Waals surface area contributed by atoms with Gasteiger partial charge >= 0.3 is 0 Å². The number of rotatable bonds is 5. The number of amides is 2. The van der Waals surface area contributed by atoms with Crippen LogP contribution >= 0.6 is 0 Å². The summed E-state index contributed by atoms with van der Waals surface area (Å²) < 4.78 is 0. The molecule has 1 saturated heterocycles. The summed E-state index contributed by atoms with van der Waals surface area (Å²) in [6, 6.07) is 3.29. The van der Waals surface area contributed by atoms with Crippen molar-refractivity contribution in [2.45, 2.75) is 51.4 Å². The quantitative estimate of drug-likeness (QED) is 0.836. The number of nitrogens with zero attached hydrogens (tertiary/aromatic N) is 2. The SMILES string of the molecule is O=C(NCCC1=CCCCC1)c1ccnc(C(=O)N2CCCCC2)c1. The van der Waals surface area contributed by atoms with Gasteiger partial charge in [0.2, 0.25) is 0 Å². The van der Waals surface area contributed by atoms with Crippen molar-refractivity contribution in [3.8, 4) is 0 Å². The zero-order valence-electron chi connectivity index (χ0n) is 14.8. The first-order valence-electron chi connectivity index (χ1n) is 9.45. The molecule has 0 aromatic carbocycles. The van der Waals surface area contributed by atoms with E-state index in [4.69, 9.17) is 0 Å². The molecule has 2 aliphatic rings. The van der Waals surface area contributed by atoms with Crippen LogP contribution in [0.4, 0.5) is 0 Å². The molecule has 2 amide bonds. The summed E-state index contributed by atoms with van der Waals surface area (Å²) in [4.78, 5) is 30.9. The normalized spacial score (nSPS) is 17.8. The van der Waals surface area contributed by atoms with E-state index in [-0.39, 0.29) is 11.8 Å². The number of nitrogens with one attached hydrogen (secondary N) is 1. The van der Waals surface area contributed by atoms with E-state index in [2.05, 4.69) is 16.4 Å². The minimum Gasteiger partial charge on any atom is -0.352 e. The molecular formula is C20H27N3O2. The molecular weight excluding hydrogens is 314 g/mol. The maximum Gasteiger partial charge on any atom is 0.272 e. The molecule has 0 saturated carbocycles. The molecule has 5 nitrogen and oxygen atoms in total. The Balaban J connectivity index is 1.55. The van der Waals surface area contributed by atoms with Crippen LogP contribution in [0.25, 0.3) is 0 Å². The van der Waals surface area contributed by atoms with E-state index in [9.17, 15) is 9.59 Å². The predicted molar refractivity (Wildman–Crippen MR) is 97.5 cm³/mol. The molecule has 0 bridgehead atoms. The number of piperidine rings is 1. The smallest absolute Gasteiger partial charge is 0.272 e. The number of aromatic nitrogens is 1. The Hall–Kier alpha value is -2.17. The van der Waals surface area contributed by atoms with E-state index < -0.39 is 0 Å². The fourth-order valence-electron chi connectivity index (χ4n) is 3.52. The highest BCUT2D eigenvalue weighted by Gasteiger charge is 2.20. The molecule has 1 N–H and O–H groups in total. The first-order valence-corrected chi connectivity index (χ1v) is 9.45. The highest BCUT2D eigenvalue weighted by molar-refractivity contribution is 5.98. The van der Waals surface area contributed by atoms with Crippen LogP contribution in [-0.4, -0.2) is 41.3 Å². The summed E-state index contributed by atoms with van der Waals surface area (Å²) in [7, 11) is 0. The maximum absolute atomic E-state index is 12.5. The van der Waals surface area contributed by atoms with Gasteiger partial charge in [0, 0.05) is 31.4 Å². The number of carbonyl (C=O) groups is 2. The molecule has 134 valence electrons. The van der Waals surface area contributed by atoms with Crippen molar-refractivity contribution in [2.75, 3.05) is 19.6 Å². The van der Waals surface area contributed by atoms with Gasteiger partial charge in [-0.2, -0.15) is 0 Å². The van der Waals surface area contributed by atoms with Crippen LogP contribution in [0.5, 0.6) is 0 Å². The lowest BCUT2D eigenvalue weighted by Crippen LogP contribution is -2.36. The molecule has 0 spiro atoms. The van der Waals surface area contributed by atoms with Crippen LogP contribution < -0.4 is 5.32 Å². The summed E-state index contributed by atoms with van der Waals surface area (Å²) in [5.74, 6) is -0.201. The predicted octanol–water partition coefficient (Wildman–Crippen LogP) is 3.33. The molecule has 1 aliphatic heterocycles. The van der Waals surface area contributed by atoms with E-state index in [0.717, 1.165) is 45.2 Å². The lowest BCUT2D eigenvalue weighted by Gasteiger charge is -2.26. The second kappa shape index (κ2) is 8.79. The number of pyridine rings is 1. The number of carbonyl (C=O) groups excluding carboxylic acids is 2. The third-order valence-electron chi connectivity index (χ3n) is 5.00. The first kappa shape index (κ1) is 17.6.